The van der Waals surface area contributed by atoms with Crippen molar-refractivity contribution in [1.29, 1.82) is 0 Å². The summed E-state index contributed by atoms with van der Waals surface area (Å²) in [6.07, 6.45) is 6.63. The molecule has 1 aromatic heterocycles. The summed E-state index contributed by atoms with van der Waals surface area (Å²) in [5.74, 6) is -1.39. The van der Waals surface area contributed by atoms with Crippen molar-refractivity contribution in [2.24, 2.45) is 5.92 Å². The quantitative estimate of drug-likeness (QED) is 0.261. The Hall–Kier alpha value is -3.51. The number of rotatable bonds is 13. The molecule has 220 valence electrons. The zero-order chi connectivity index (χ0) is 29.0. The second-order valence-corrected chi connectivity index (χ2v) is 13.1. The van der Waals surface area contributed by atoms with Crippen LogP contribution >= 0.6 is 0 Å². The predicted molar refractivity (Wildman–Crippen MR) is 152 cm³/mol. The molecule has 0 spiro atoms. The summed E-state index contributed by atoms with van der Waals surface area (Å²) in [5.41, 5.74) is 3.21. The maximum Gasteiger partial charge on any atom is 0.328 e. The van der Waals surface area contributed by atoms with E-state index in [9.17, 15) is 27.9 Å². The van der Waals surface area contributed by atoms with E-state index < -0.39 is 33.9 Å². The summed E-state index contributed by atoms with van der Waals surface area (Å²) in [7, 11) is -3.72. The Morgan fingerprint density at radius 2 is 1.93 bits per heavy atom. The van der Waals surface area contributed by atoms with Crippen LogP contribution in [-0.2, 0) is 37.2 Å². The van der Waals surface area contributed by atoms with Gasteiger partial charge in [0.15, 0.2) is 0 Å². The molecule has 2 amide bonds. The number of carbonyl (C=O) groups excluding carboxylic acids is 2. The monoisotopic (exact) mass is 583 g/mol. The number of hydrogen-bond acceptors (Lipinski definition) is 7. The fraction of sp³-hybridized carbons (Fsp3) is 0.517. The van der Waals surface area contributed by atoms with Crippen molar-refractivity contribution in [2.75, 3.05) is 31.5 Å². The molecule has 11 nitrogen and oxygen atoms in total. The van der Waals surface area contributed by atoms with Crippen molar-refractivity contribution in [3.05, 3.63) is 53.2 Å². The molecule has 12 heteroatoms. The van der Waals surface area contributed by atoms with Crippen LogP contribution in [0.1, 0.15) is 61.3 Å². The molecule has 3 heterocycles. The Morgan fingerprint density at radius 1 is 1.12 bits per heavy atom. The van der Waals surface area contributed by atoms with Crippen molar-refractivity contribution in [1.82, 2.24) is 19.9 Å². The highest BCUT2D eigenvalue weighted by Crippen LogP contribution is 2.41. The highest BCUT2D eigenvalue weighted by molar-refractivity contribution is 7.89. The summed E-state index contributed by atoms with van der Waals surface area (Å²) in [5, 5.41) is 17.9. The van der Waals surface area contributed by atoms with Crippen LogP contribution in [0, 0.1) is 5.92 Å². The van der Waals surface area contributed by atoms with E-state index >= 15 is 0 Å². The first-order valence-electron chi connectivity index (χ1n) is 14.3. The molecule has 41 heavy (non-hydrogen) atoms. The molecule has 0 radical (unpaired) electrons. The first-order chi connectivity index (χ1) is 19.7. The minimum atomic E-state index is -3.72. The van der Waals surface area contributed by atoms with E-state index in [0.29, 0.717) is 12.3 Å². The number of fused-ring (bicyclic) bond motifs is 1. The number of carboxylic acids is 1. The molecule has 1 aromatic carbocycles. The van der Waals surface area contributed by atoms with E-state index in [-0.39, 0.29) is 36.9 Å². The number of nitrogens with zero attached hydrogens (tertiary/aromatic N) is 2. The van der Waals surface area contributed by atoms with Crippen LogP contribution in [0.2, 0.25) is 0 Å². The van der Waals surface area contributed by atoms with E-state index in [1.165, 1.54) is 9.87 Å². The predicted octanol–water partition coefficient (Wildman–Crippen LogP) is 2.04. The number of aryl methyl sites for hydroxylation is 2. The van der Waals surface area contributed by atoms with Crippen molar-refractivity contribution in [3.8, 4) is 0 Å². The number of benzene rings is 1. The smallest absolute Gasteiger partial charge is 0.328 e. The Kier molecular flexibility index (Phi) is 8.88. The summed E-state index contributed by atoms with van der Waals surface area (Å²) >= 11 is 0. The van der Waals surface area contributed by atoms with E-state index in [1.807, 2.05) is 12.1 Å². The van der Waals surface area contributed by atoms with Crippen LogP contribution in [0.4, 0.5) is 5.82 Å². The zero-order valence-electron chi connectivity index (χ0n) is 23.0. The number of sulfonamides is 1. The van der Waals surface area contributed by atoms with Gasteiger partial charge in [-0.25, -0.2) is 18.2 Å². The Morgan fingerprint density at radius 3 is 2.68 bits per heavy atom. The number of aromatic nitrogens is 1. The van der Waals surface area contributed by atoms with Crippen LogP contribution < -0.4 is 16.0 Å². The molecular weight excluding hydrogens is 546 g/mol. The summed E-state index contributed by atoms with van der Waals surface area (Å²) < 4.78 is 27.2. The minimum Gasteiger partial charge on any atom is -0.480 e. The van der Waals surface area contributed by atoms with Gasteiger partial charge in [0.1, 0.15) is 11.9 Å². The third-order valence-electron chi connectivity index (χ3n) is 7.92. The zero-order valence-corrected chi connectivity index (χ0v) is 23.8. The number of carboxylic acid groups (broad SMARTS) is 1. The normalized spacial score (nSPS) is 18.0. The molecular formula is C29H37N5O6S. The van der Waals surface area contributed by atoms with Gasteiger partial charge in [0.05, 0.1) is 10.8 Å². The van der Waals surface area contributed by atoms with Gasteiger partial charge in [-0.15, -0.1) is 0 Å². The van der Waals surface area contributed by atoms with Crippen LogP contribution in [-0.4, -0.2) is 72.8 Å². The van der Waals surface area contributed by atoms with Crippen molar-refractivity contribution >= 4 is 33.6 Å². The summed E-state index contributed by atoms with van der Waals surface area (Å²) in [6.45, 7) is 0.643. The molecule has 5 rings (SSSR count). The molecule has 1 saturated heterocycles. The van der Waals surface area contributed by atoms with Gasteiger partial charge in [-0.05, 0) is 80.2 Å². The fourth-order valence-electron chi connectivity index (χ4n) is 5.19. The van der Waals surface area contributed by atoms with Crippen molar-refractivity contribution < 1.29 is 27.9 Å². The van der Waals surface area contributed by atoms with Gasteiger partial charge in [-0.1, -0.05) is 18.2 Å². The lowest BCUT2D eigenvalue weighted by Crippen LogP contribution is -2.58. The average molecular weight is 584 g/mol. The van der Waals surface area contributed by atoms with Gasteiger partial charge >= 0.3 is 5.97 Å². The Labute approximate surface area is 240 Å². The lowest BCUT2D eigenvalue weighted by molar-refractivity contribution is -0.143. The number of anilines is 1. The third kappa shape index (κ3) is 7.23. The van der Waals surface area contributed by atoms with Crippen molar-refractivity contribution in [2.45, 2.75) is 68.2 Å². The van der Waals surface area contributed by atoms with Crippen molar-refractivity contribution in [3.63, 3.8) is 0 Å². The average Bonchev–Trinajstić information content (AvgIpc) is 3.78. The molecule has 1 saturated carbocycles. The lowest BCUT2D eigenvalue weighted by Gasteiger charge is -2.37. The van der Waals surface area contributed by atoms with Gasteiger partial charge in [0, 0.05) is 38.3 Å². The number of amides is 2. The lowest BCUT2D eigenvalue weighted by atomic mass is 10.0. The number of carbonyl (C=O) groups is 3. The van der Waals surface area contributed by atoms with Gasteiger partial charge in [0.2, 0.25) is 21.8 Å². The first-order valence-corrected chi connectivity index (χ1v) is 15.8. The van der Waals surface area contributed by atoms with E-state index in [2.05, 4.69) is 27.0 Å². The second-order valence-electron chi connectivity index (χ2n) is 11.1. The number of unbranched alkanes of at least 4 members (excludes halogenated alkanes) is 1. The number of nitrogens with one attached hydrogen (secondary N) is 3. The first kappa shape index (κ1) is 29.0. The Bertz CT molecular complexity index is 1400. The van der Waals surface area contributed by atoms with E-state index in [0.717, 1.165) is 62.1 Å². The second kappa shape index (κ2) is 12.6. The molecule has 1 aliphatic carbocycles. The van der Waals surface area contributed by atoms with E-state index in [4.69, 9.17) is 0 Å². The number of aliphatic carboxylic acids is 1. The van der Waals surface area contributed by atoms with Crippen LogP contribution in [0.5, 0.6) is 0 Å². The Balaban J connectivity index is 1.02. The van der Waals surface area contributed by atoms with Gasteiger partial charge in [0.25, 0.3) is 0 Å². The highest BCUT2D eigenvalue weighted by Gasteiger charge is 2.41. The largest absolute Gasteiger partial charge is 0.480 e. The summed E-state index contributed by atoms with van der Waals surface area (Å²) in [4.78, 5) is 41.5. The molecule has 0 unspecified atom stereocenters. The fourth-order valence-corrected chi connectivity index (χ4v) is 6.77. The number of pyridine rings is 1. The molecule has 2 fully saturated rings. The molecule has 1 atom stereocenters. The third-order valence-corrected chi connectivity index (χ3v) is 9.75. The topological polar surface area (TPSA) is 158 Å². The van der Waals surface area contributed by atoms with Crippen LogP contribution in [0.3, 0.4) is 0 Å². The minimum absolute atomic E-state index is 0.0182. The SMILES string of the molecule is O=C(CCCCc1ccc2c(n1)NCCC2)NC[C@H](NC(=O)C1CN(S(=O)(=O)c2cccc(C3CC3)c2)C1)C(=O)O. The van der Waals surface area contributed by atoms with Crippen LogP contribution in [0.15, 0.2) is 41.3 Å². The maximum atomic E-state index is 13.0. The van der Waals surface area contributed by atoms with Gasteiger partial charge < -0.3 is 21.1 Å². The van der Waals surface area contributed by atoms with Crippen LogP contribution in [0.25, 0.3) is 0 Å². The highest BCUT2D eigenvalue weighted by atomic mass is 32.2. The molecule has 2 aliphatic heterocycles. The number of hydrogen-bond donors (Lipinski definition) is 4. The van der Waals surface area contributed by atoms with Gasteiger partial charge in [-0.2, -0.15) is 4.31 Å². The molecule has 0 bridgehead atoms. The summed E-state index contributed by atoms with van der Waals surface area (Å²) in [6, 6.07) is 9.74. The maximum absolute atomic E-state index is 13.0. The standard InChI is InChI=1S/C29H37N5O6S/c35-26(9-2-1-7-23-13-12-20-6-4-14-30-27(20)32-23)31-16-25(29(37)38)33-28(36)22-17-34(18-22)41(39,40)24-8-3-5-21(15-24)19-10-11-19/h3,5,8,12-13,15,19,22,25H,1-2,4,6-7,9-11,14,16-18H2,(H,30,32)(H,31,35)(H,33,36)(H,37,38)/t25-/m0/s1. The van der Waals surface area contributed by atoms with E-state index in [1.54, 1.807) is 18.2 Å². The van der Waals surface area contributed by atoms with Gasteiger partial charge in [-0.3, -0.25) is 9.59 Å². The molecule has 4 N–H and O–H groups in total. The molecule has 2 aromatic rings. The molecule has 3 aliphatic rings.